The van der Waals surface area contributed by atoms with E-state index in [-0.39, 0.29) is 5.91 Å². The van der Waals surface area contributed by atoms with Crippen LogP contribution in [0.4, 0.5) is 5.82 Å². The zero-order chi connectivity index (χ0) is 11.5. The van der Waals surface area contributed by atoms with E-state index in [2.05, 4.69) is 10.3 Å². The second-order valence-electron chi connectivity index (χ2n) is 3.21. The van der Waals surface area contributed by atoms with Crippen molar-refractivity contribution >= 4 is 34.7 Å². The van der Waals surface area contributed by atoms with Gasteiger partial charge in [-0.1, -0.05) is 17.7 Å². The number of rotatable bonds is 2. The molecule has 82 valence electrons. The van der Waals surface area contributed by atoms with E-state index < -0.39 is 0 Å². The summed E-state index contributed by atoms with van der Waals surface area (Å²) in [6.07, 6.45) is 0. The second kappa shape index (κ2) is 4.63. The van der Waals surface area contributed by atoms with Gasteiger partial charge in [0.1, 0.15) is 11.0 Å². The Labute approximate surface area is 102 Å². The zero-order valence-corrected chi connectivity index (χ0v) is 10.1. The van der Waals surface area contributed by atoms with E-state index in [4.69, 9.17) is 11.6 Å². The first kappa shape index (κ1) is 11.1. The molecule has 2 aromatic heterocycles. The van der Waals surface area contributed by atoms with Crippen LogP contribution in [-0.2, 0) is 0 Å². The Morgan fingerprint density at radius 3 is 2.81 bits per heavy atom. The maximum absolute atomic E-state index is 11.8. The normalized spacial score (nSPS) is 10.1. The standard InChI is InChI=1S/C11H9ClN2OS/c1-7-5-6-8(16-7)11(15)14-10-4-2-3-9(12)13-10/h2-6H,1H3,(H,13,14,15). The topological polar surface area (TPSA) is 42.0 Å². The van der Waals surface area contributed by atoms with Crippen LogP contribution in [0, 0.1) is 6.92 Å². The minimum atomic E-state index is -0.159. The van der Waals surface area contributed by atoms with E-state index in [1.165, 1.54) is 11.3 Å². The summed E-state index contributed by atoms with van der Waals surface area (Å²) in [6, 6.07) is 8.80. The summed E-state index contributed by atoms with van der Waals surface area (Å²) < 4.78 is 0. The fraction of sp³-hybridized carbons (Fsp3) is 0.0909. The molecule has 0 aliphatic rings. The van der Waals surface area contributed by atoms with E-state index in [0.29, 0.717) is 15.8 Å². The number of amides is 1. The molecule has 0 radical (unpaired) electrons. The molecule has 0 bridgehead atoms. The Morgan fingerprint density at radius 1 is 1.38 bits per heavy atom. The van der Waals surface area contributed by atoms with E-state index >= 15 is 0 Å². The highest BCUT2D eigenvalue weighted by atomic mass is 35.5. The summed E-state index contributed by atoms with van der Waals surface area (Å²) in [6.45, 7) is 1.96. The predicted octanol–water partition coefficient (Wildman–Crippen LogP) is 3.36. The molecule has 0 unspecified atom stereocenters. The van der Waals surface area contributed by atoms with E-state index in [0.717, 1.165) is 4.88 Å². The molecule has 0 saturated heterocycles. The molecule has 0 fully saturated rings. The van der Waals surface area contributed by atoms with E-state index in [9.17, 15) is 4.79 Å². The van der Waals surface area contributed by atoms with Gasteiger partial charge in [-0.05, 0) is 31.2 Å². The molecular formula is C11H9ClN2OS. The molecule has 3 nitrogen and oxygen atoms in total. The lowest BCUT2D eigenvalue weighted by atomic mass is 10.4. The van der Waals surface area contributed by atoms with Crippen LogP contribution in [0.3, 0.4) is 0 Å². The molecule has 0 spiro atoms. The number of pyridine rings is 1. The highest BCUT2D eigenvalue weighted by Gasteiger charge is 2.08. The summed E-state index contributed by atoms with van der Waals surface area (Å²) in [5, 5.41) is 3.05. The third-order valence-corrected chi connectivity index (χ3v) is 3.13. The number of carbonyl (C=O) groups excluding carboxylic acids is 1. The van der Waals surface area contributed by atoms with Gasteiger partial charge < -0.3 is 5.32 Å². The van der Waals surface area contributed by atoms with Gasteiger partial charge in [0.2, 0.25) is 0 Å². The van der Waals surface area contributed by atoms with Gasteiger partial charge in [-0.15, -0.1) is 11.3 Å². The van der Waals surface area contributed by atoms with Gasteiger partial charge >= 0.3 is 0 Å². The number of halogens is 1. The number of carbonyl (C=O) groups is 1. The van der Waals surface area contributed by atoms with Gasteiger partial charge in [-0.3, -0.25) is 4.79 Å². The molecule has 0 aromatic carbocycles. The lowest BCUT2D eigenvalue weighted by Gasteiger charge is -2.02. The van der Waals surface area contributed by atoms with Crippen molar-refractivity contribution in [3.63, 3.8) is 0 Å². The van der Waals surface area contributed by atoms with Crippen LogP contribution in [0.25, 0.3) is 0 Å². The Morgan fingerprint density at radius 2 is 2.19 bits per heavy atom. The van der Waals surface area contributed by atoms with Gasteiger partial charge in [0, 0.05) is 4.88 Å². The van der Waals surface area contributed by atoms with Crippen LogP contribution in [-0.4, -0.2) is 10.9 Å². The smallest absolute Gasteiger partial charge is 0.266 e. The van der Waals surface area contributed by atoms with Crippen molar-refractivity contribution in [2.24, 2.45) is 0 Å². The highest BCUT2D eigenvalue weighted by molar-refractivity contribution is 7.14. The molecule has 2 heterocycles. The van der Waals surface area contributed by atoms with Crippen molar-refractivity contribution in [3.05, 3.63) is 45.2 Å². The highest BCUT2D eigenvalue weighted by Crippen LogP contribution is 2.17. The summed E-state index contributed by atoms with van der Waals surface area (Å²) in [4.78, 5) is 17.5. The number of aromatic nitrogens is 1. The quantitative estimate of drug-likeness (QED) is 0.833. The average Bonchev–Trinajstić information content (AvgIpc) is 2.65. The molecule has 2 rings (SSSR count). The number of nitrogens with zero attached hydrogens (tertiary/aromatic N) is 1. The maximum Gasteiger partial charge on any atom is 0.266 e. The Bertz CT molecular complexity index is 524. The molecule has 0 aliphatic heterocycles. The molecular weight excluding hydrogens is 244 g/mol. The van der Waals surface area contributed by atoms with Crippen LogP contribution in [0.2, 0.25) is 5.15 Å². The van der Waals surface area contributed by atoms with Crippen LogP contribution < -0.4 is 5.32 Å². The molecule has 5 heteroatoms. The predicted molar refractivity (Wildman–Crippen MR) is 66.3 cm³/mol. The lowest BCUT2D eigenvalue weighted by Crippen LogP contribution is -2.11. The van der Waals surface area contributed by atoms with Gasteiger partial charge in [-0.2, -0.15) is 0 Å². The van der Waals surface area contributed by atoms with E-state index in [1.807, 2.05) is 13.0 Å². The summed E-state index contributed by atoms with van der Waals surface area (Å²) in [5.74, 6) is 0.302. The second-order valence-corrected chi connectivity index (χ2v) is 4.89. The first-order valence-electron chi connectivity index (χ1n) is 4.65. The molecule has 0 aliphatic carbocycles. The van der Waals surface area contributed by atoms with Crippen LogP contribution in [0.15, 0.2) is 30.3 Å². The monoisotopic (exact) mass is 252 g/mol. The minimum absolute atomic E-state index is 0.159. The number of thiophene rings is 1. The molecule has 0 atom stereocenters. The molecule has 1 amide bonds. The summed E-state index contributed by atoms with van der Waals surface area (Å²) >= 11 is 7.17. The lowest BCUT2D eigenvalue weighted by molar-refractivity contribution is 0.103. The molecule has 1 N–H and O–H groups in total. The Hall–Kier alpha value is -1.39. The van der Waals surface area contributed by atoms with Crippen LogP contribution in [0.5, 0.6) is 0 Å². The van der Waals surface area contributed by atoms with Gasteiger partial charge in [0.15, 0.2) is 0 Å². The summed E-state index contributed by atoms with van der Waals surface area (Å²) in [5.41, 5.74) is 0. The first-order valence-corrected chi connectivity index (χ1v) is 5.85. The van der Waals surface area contributed by atoms with Crippen molar-refractivity contribution in [1.29, 1.82) is 0 Å². The largest absolute Gasteiger partial charge is 0.306 e. The Kier molecular flexibility index (Phi) is 3.22. The third-order valence-electron chi connectivity index (χ3n) is 1.92. The van der Waals surface area contributed by atoms with Crippen molar-refractivity contribution in [2.45, 2.75) is 6.92 Å². The fourth-order valence-electron chi connectivity index (χ4n) is 1.21. The average molecular weight is 253 g/mol. The number of hydrogen-bond donors (Lipinski definition) is 1. The summed E-state index contributed by atoms with van der Waals surface area (Å²) in [7, 11) is 0. The number of anilines is 1. The van der Waals surface area contributed by atoms with Crippen LogP contribution in [0.1, 0.15) is 14.5 Å². The third kappa shape index (κ3) is 2.59. The molecule has 16 heavy (non-hydrogen) atoms. The van der Waals surface area contributed by atoms with Crippen molar-refractivity contribution in [1.82, 2.24) is 4.98 Å². The van der Waals surface area contributed by atoms with Crippen LogP contribution >= 0.6 is 22.9 Å². The van der Waals surface area contributed by atoms with Gasteiger partial charge in [0.25, 0.3) is 5.91 Å². The van der Waals surface area contributed by atoms with Crippen molar-refractivity contribution in [3.8, 4) is 0 Å². The maximum atomic E-state index is 11.8. The van der Waals surface area contributed by atoms with E-state index in [1.54, 1.807) is 24.3 Å². The zero-order valence-electron chi connectivity index (χ0n) is 8.53. The number of aryl methyl sites for hydroxylation is 1. The fourth-order valence-corrected chi connectivity index (χ4v) is 2.14. The van der Waals surface area contributed by atoms with Gasteiger partial charge in [0.05, 0.1) is 4.88 Å². The minimum Gasteiger partial charge on any atom is -0.306 e. The van der Waals surface area contributed by atoms with Crippen molar-refractivity contribution in [2.75, 3.05) is 5.32 Å². The molecule has 2 aromatic rings. The van der Waals surface area contributed by atoms with Gasteiger partial charge in [-0.25, -0.2) is 4.98 Å². The SMILES string of the molecule is Cc1ccc(C(=O)Nc2cccc(Cl)n2)s1. The molecule has 0 saturated carbocycles. The Balaban J connectivity index is 2.13. The van der Waals surface area contributed by atoms with Crippen molar-refractivity contribution < 1.29 is 4.79 Å². The first-order chi connectivity index (χ1) is 7.65. The number of hydrogen-bond acceptors (Lipinski definition) is 3. The number of nitrogens with one attached hydrogen (secondary N) is 1.